The lowest BCUT2D eigenvalue weighted by molar-refractivity contribution is 0.317. The second-order valence-corrected chi connectivity index (χ2v) is 24.5. The van der Waals surface area contributed by atoms with E-state index in [1.54, 1.807) is 15.9 Å². The van der Waals surface area contributed by atoms with Gasteiger partial charge in [-0.05, 0) is 66.7 Å². The predicted octanol–water partition coefficient (Wildman–Crippen LogP) is 3.75. The summed E-state index contributed by atoms with van der Waals surface area (Å²) in [5, 5.41) is 16.9. The zero-order chi connectivity index (χ0) is 18.9. The molecule has 138 valence electrons. The average Bonchev–Trinajstić information content (AvgIpc) is 3.03. The van der Waals surface area contributed by atoms with E-state index >= 15 is 0 Å². The zero-order valence-electron chi connectivity index (χ0n) is 17.0. The van der Waals surface area contributed by atoms with Gasteiger partial charge in [-0.1, -0.05) is 49.1 Å². The molecule has 2 N–H and O–H groups in total. The minimum Gasteiger partial charge on any atom is -0.397 e. The quantitative estimate of drug-likeness (QED) is 0.675. The van der Waals surface area contributed by atoms with E-state index in [1.165, 1.54) is 22.4 Å². The summed E-state index contributed by atoms with van der Waals surface area (Å²) in [6.07, 6.45) is 1.09. The van der Waals surface area contributed by atoms with Crippen molar-refractivity contribution in [2.45, 2.75) is 58.4 Å². The highest BCUT2D eigenvalue weighted by molar-refractivity contribution is 7.58. The van der Waals surface area contributed by atoms with E-state index in [2.05, 4.69) is 76.1 Å². The predicted molar refractivity (Wildman–Crippen MR) is 118 cm³/mol. The van der Waals surface area contributed by atoms with E-state index in [9.17, 15) is 5.11 Å². The molecule has 4 rings (SSSR count). The fourth-order valence-electron chi connectivity index (χ4n) is 4.93. The Morgan fingerprint density at radius 2 is 1.81 bits per heavy atom. The van der Waals surface area contributed by atoms with Gasteiger partial charge in [0.2, 0.25) is 0 Å². The van der Waals surface area contributed by atoms with Crippen LogP contribution in [-0.4, -0.2) is 32.4 Å². The van der Waals surface area contributed by atoms with Crippen LogP contribution in [0, 0.1) is 0 Å². The molecule has 0 fully saturated rings. The summed E-state index contributed by atoms with van der Waals surface area (Å²) in [6.45, 7) is 14.7. The molecule has 2 aromatic carbocycles. The summed E-state index contributed by atoms with van der Waals surface area (Å²) in [4.78, 5) is 0. The van der Waals surface area contributed by atoms with Gasteiger partial charge in [-0.2, -0.15) is 0 Å². The molecule has 0 bridgehead atoms. The van der Waals surface area contributed by atoms with Crippen molar-refractivity contribution in [3.8, 4) is 11.1 Å². The van der Waals surface area contributed by atoms with Crippen molar-refractivity contribution in [3.05, 3.63) is 41.5 Å². The highest BCUT2D eigenvalue weighted by Crippen LogP contribution is 2.44. The Balaban J connectivity index is 1.91. The highest BCUT2D eigenvalue weighted by atomic mass is 29.3. The van der Waals surface area contributed by atoms with E-state index in [4.69, 9.17) is 0 Å². The number of nitrogens with one attached hydrogen (secondary N) is 1. The topological polar surface area (TPSA) is 32.3 Å². The number of hydrogen-bond acceptors (Lipinski definition) is 2. The van der Waals surface area contributed by atoms with Gasteiger partial charge in [0.1, 0.15) is 7.59 Å². The highest BCUT2D eigenvalue weighted by Gasteiger charge is 2.62. The van der Waals surface area contributed by atoms with Crippen LogP contribution in [0.2, 0.25) is 25.7 Å². The Bertz CT molecular complexity index is 898. The van der Waals surface area contributed by atoms with Crippen LogP contribution >= 0.6 is 0 Å². The molecular formula is C22H31NOSi2. The lowest BCUT2D eigenvalue weighted by Crippen LogP contribution is -2.55. The van der Waals surface area contributed by atoms with Gasteiger partial charge >= 0.3 is 0 Å². The Labute approximate surface area is 159 Å². The van der Waals surface area contributed by atoms with Crippen LogP contribution in [0.1, 0.15) is 31.9 Å². The fourth-order valence-corrected chi connectivity index (χ4v) is 18.1. The van der Waals surface area contributed by atoms with E-state index in [1.807, 2.05) is 0 Å². The first-order valence-corrected chi connectivity index (χ1v) is 16.5. The molecule has 0 aromatic heterocycles. The number of rotatable bonds is 4. The zero-order valence-corrected chi connectivity index (χ0v) is 19.0. The van der Waals surface area contributed by atoms with Gasteiger partial charge in [-0.15, -0.1) is 0 Å². The Morgan fingerprint density at radius 1 is 1.12 bits per heavy atom. The molecule has 1 aliphatic heterocycles. The molecule has 1 atom stereocenters. The van der Waals surface area contributed by atoms with Crippen LogP contribution in [0.15, 0.2) is 30.3 Å². The van der Waals surface area contributed by atoms with Crippen LogP contribution in [0.4, 0.5) is 5.69 Å². The number of anilines is 1. The molecule has 26 heavy (non-hydrogen) atoms. The number of hydrogen-bond donors (Lipinski definition) is 2. The number of aliphatic hydroxyl groups excluding tert-OH is 1. The van der Waals surface area contributed by atoms with E-state index in [0.29, 0.717) is 6.61 Å². The molecule has 2 nitrogen and oxygen atoms in total. The van der Waals surface area contributed by atoms with Crippen LogP contribution in [0.3, 0.4) is 0 Å². The minimum atomic E-state index is -1.62. The first-order chi connectivity index (χ1) is 12.1. The molecule has 0 saturated heterocycles. The van der Waals surface area contributed by atoms with Crippen LogP contribution < -0.4 is 15.7 Å². The van der Waals surface area contributed by atoms with Crippen molar-refractivity contribution in [2.75, 3.05) is 11.9 Å². The average molecular weight is 382 g/mol. The molecule has 1 unspecified atom stereocenters. The molecule has 0 amide bonds. The lowest BCUT2D eigenvalue weighted by atomic mass is 10.0. The van der Waals surface area contributed by atoms with Gasteiger partial charge in [-0.25, -0.2) is 0 Å². The molecular weight excluding hydrogens is 350 g/mol. The SMILES string of the molecule is CC(C)(C)Nc1cc2c(c3c1[Si]3(C)[Si](C)(C)CCO)Cc1ccccc1-2. The molecule has 1 aliphatic carbocycles. The van der Waals surface area contributed by atoms with Crippen molar-refractivity contribution in [3.63, 3.8) is 0 Å². The second-order valence-electron chi connectivity index (χ2n) is 9.89. The molecule has 0 spiro atoms. The second kappa shape index (κ2) is 5.57. The Morgan fingerprint density at radius 3 is 2.46 bits per heavy atom. The van der Waals surface area contributed by atoms with Gasteiger partial charge in [-0.3, -0.25) is 0 Å². The smallest absolute Gasteiger partial charge is 0.110 e. The molecule has 4 heteroatoms. The van der Waals surface area contributed by atoms with Gasteiger partial charge in [0.25, 0.3) is 0 Å². The molecule has 0 saturated carbocycles. The number of aliphatic hydroxyl groups is 1. The third-order valence-corrected chi connectivity index (χ3v) is 24.0. The van der Waals surface area contributed by atoms with E-state index in [-0.39, 0.29) is 5.54 Å². The van der Waals surface area contributed by atoms with Gasteiger partial charge in [0.15, 0.2) is 0 Å². The van der Waals surface area contributed by atoms with Crippen molar-refractivity contribution >= 4 is 31.2 Å². The monoisotopic (exact) mass is 381 g/mol. The molecule has 2 aromatic rings. The normalized spacial score (nSPS) is 20.4. The van der Waals surface area contributed by atoms with Crippen LogP contribution in [-0.2, 0) is 6.42 Å². The summed E-state index contributed by atoms with van der Waals surface area (Å²) in [6, 6.07) is 12.4. The maximum atomic E-state index is 9.70. The van der Waals surface area contributed by atoms with Crippen LogP contribution in [0.25, 0.3) is 11.1 Å². The van der Waals surface area contributed by atoms with Crippen molar-refractivity contribution in [1.82, 2.24) is 0 Å². The Hall–Kier alpha value is -1.37. The summed E-state index contributed by atoms with van der Waals surface area (Å²) < 4.78 is 0. The maximum absolute atomic E-state index is 9.70. The maximum Gasteiger partial charge on any atom is 0.110 e. The van der Waals surface area contributed by atoms with Gasteiger partial charge < -0.3 is 10.4 Å². The summed E-state index contributed by atoms with van der Waals surface area (Å²) in [5.41, 5.74) is 7.38. The third-order valence-electron chi connectivity index (χ3n) is 6.65. The van der Waals surface area contributed by atoms with E-state index in [0.717, 1.165) is 12.5 Å². The minimum absolute atomic E-state index is 0.0563. The first-order valence-electron chi connectivity index (χ1n) is 9.78. The molecule has 0 radical (unpaired) electrons. The number of fused-ring (bicyclic) bond motifs is 5. The standard InChI is InChI=1S/C22H31NOSi2/c1-22(2,3)23-19-14-17-16-10-8-7-9-15(16)13-18(17)20-21(19)26(20,6)25(4,5)12-11-24/h7-10,14,23-24H,11-13H2,1-6H3. The third kappa shape index (κ3) is 2.46. The summed E-state index contributed by atoms with van der Waals surface area (Å²) >= 11 is 0. The van der Waals surface area contributed by atoms with Crippen molar-refractivity contribution in [2.24, 2.45) is 0 Å². The first kappa shape index (κ1) is 18.0. The largest absolute Gasteiger partial charge is 0.397 e. The van der Waals surface area contributed by atoms with Gasteiger partial charge in [0, 0.05) is 17.8 Å². The van der Waals surface area contributed by atoms with Gasteiger partial charge in [0.05, 0.1) is 7.59 Å². The fraction of sp³-hybridized carbons (Fsp3) is 0.455. The van der Waals surface area contributed by atoms with Crippen LogP contribution in [0.5, 0.6) is 0 Å². The van der Waals surface area contributed by atoms with Crippen molar-refractivity contribution < 1.29 is 5.11 Å². The number of benzene rings is 2. The Kier molecular flexibility index (Phi) is 3.86. The molecule has 1 heterocycles. The van der Waals surface area contributed by atoms with Crippen molar-refractivity contribution in [1.29, 1.82) is 0 Å². The lowest BCUT2D eigenvalue weighted by Gasteiger charge is -2.29. The van der Waals surface area contributed by atoms with E-state index < -0.39 is 15.2 Å². The summed E-state index contributed by atoms with van der Waals surface area (Å²) in [7, 11) is -3.12. The summed E-state index contributed by atoms with van der Waals surface area (Å²) in [5.74, 6) is 0. The molecule has 2 aliphatic rings.